The van der Waals surface area contributed by atoms with Gasteiger partial charge in [-0.2, -0.15) is 4.98 Å². The van der Waals surface area contributed by atoms with E-state index in [9.17, 15) is 4.79 Å². The van der Waals surface area contributed by atoms with E-state index in [1.165, 1.54) is 0 Å². The van der Waals surface area contributed by atoms with E-state index in [2.05, 4.69) is 15.5 Å². The van der Waals surface area contributed by atoms with Gasteiger partial charge >= 0.3 is 6.03 Å². The van der Waals surface area contributed by atoms with E-state index in [1.807, 2.05) is 62.4 Å². The maximum absolute atomic E-state index is 13.1. The van der Waals surface area contributed by atoms with E-state index in [4.69, 9.17) is 18.7 Å². The molecule has 0 radical (unpaired) electrons. The Morgan fingerprint density at radius 3 is 2.57 bits per heavy atom. The van der Waals surface area contributed by atoms with Gasteiger partial charge in [0.05, 0.1) is 25.8 Å². The lowest BCUT2D eigenvalue weighted by Crippen LogP contribution is -2.46. The van der Waals surface area contributed by atoms with Crippen molar-refractivity contribution in [3.05, 3.63) is 65.7 Å². The smallest absolute Gasteiger partial charge is 0.322 e. The molecule has 1 aliphatic heterocycles. The van der Waals surface area contributed by atoms with Crippen LogP contribution in [-0.2, 0) is 4.74 Å². The molecule has 0 bridgehead atoms. The van der Waals surface area contributed by atoms with Gasteiger partial charge in [-0.15, -0.1) is 0 Å². The first kappa shape index (κ1) is 24.3. The first-order valence-electron chi connectivity index (χ1n) is 11.5. The molecule has 3 aromatic rings. The van der Waals surface area contributed by atoms with Crippen molar-refractivity contribution in [2.24, 2.45) is 0 Å². The third kappa shape index (κ3) is 5.30. The fraction of sp³-hybridized carbons (Fsp3) is 0.346. The number of amides is 2. The number of nitrogens with zero attached hydrogens (tertiary/aromatic N) is 3. The van der Waals surface area contributed by atoms with Crippen LogP contribution in [0.5, 0.6) is 11.5 Å². The maximum Gasteiger partial charge on any atom is 0.322 e. The van der Waals surface area contributed by atoms with Crippen LogP contribution in [0.2, 0.25) is 0 Å². The van der Waals surface area contributed by atoms with Crippen molar-refractivity contribution in [3.63, 3.8) is 0 Å². The summed E-state index contributed by atoms with van der Waals surface area (Å²) in [6.07, 6.45) is 0.705. The molecule has 35 heavy (non-hydrogen) atoms. The summed E-state index contributed by atoms with van der Waals surface area (Å²) in [5, 5.41) is 7.31. The SMILES string of the molecule is CCOCCCN1C(=O)NC(c2cccc(OC)c2)C(c2nc(-c3ccc(OC)cc3)no2)=C1C. The van der Waals surface area contributed by atoms with Crippen LogP contribution in [0.25, 0.3) is 17.0 Å². The molecule has 1 aliphatic rings. The van der Waals surface area contributed by atoms with Gasteiger partial charge in [-0.1, -0.05) is 17.3 Å². The average Bonchev–Trinajstić information content (AvgIpc) is 3.37. The lowest BCUT2D eigenvalue weighted by Gasteiger charge is -2.35. The highest BCUT2D eigenvalue weighted by molar-refractivity contribution is 5.87. The van der Waals surface area contributed by atoms with Gasteiger partial charge in [0.2, 0.25) is 5.82 Å². The Labute approximate surface area is 204 Å². The molecule has 1 aromatic heterocycles. The zero-order valence-electron chi connectivity index (χ0n) is 20.4. The van der Waals surface area contributed by atoms with Crippen LogP contribution in [0.4, 0.5) is 4.79 Å². The van der Waals surface area contributed by atoms with E-state index in [0.717, 1.165) is 28.1 Å². The largest absolute Gasteiger partial charge is 0.497 e. The molecule has 0 saturated carbocycles. The van der Waals surface area contributed by atoms with Gasteiger partial charge in [0.1, 0.15) is 11.5 Å². The van der Waals surface area contributed by atoms with Crippen LogP contribution in [0.15, 0.2) is 58.8 Å². The summed E-state index contributed by atoms with van der Waals surface area (Å²) < 4.78 is 21.8. The number of benzene rings is 2. The second-order valence-corrected chi connectivity index (χ2v) is 8.01. The Kier molecular flexibility index (Phi) is 7.67. The number of hydrogen-bond donors (Lipinski definition) is 1. The Balaban J connectivity index is 1.73. The highest BCUT2D eigenvalue weighted by Gasteiger charge is 2.35. The van der Waals surface area contributed by atoms with Crippen molar-refractivity contribution < 1.29 is 23.5 Å². The standard InChI is InChI=1S/C26H30N4O5/c1-5-34-15-7-14-30-17(2)22(23(27-26(30)31)19-8-6-9-21(16-19)33-4)25-28-24(29-35-25)18-10-12-20(32-3)13-11-18/h6,8-13,16,23H,5,7,14-15H2,1-4H3,(H,27,31). The highest BCUT2D eigenvalue weighted by Crippen LogP contribution is 2.38. The van der Waals surface area contributed by atoms with Gasteiger partial charge in [-0.3, -0.25) is 4.90 Å². The Bertz CT molecular complexity index is 1190. The monoisotopic (exact) mass is 478 g/mol. The quantitative estimate of drug-likeness (QED) is 0.423. The predicted molar refractivity (Wildman–Crippen MR) is 131 cm³/mol. The average molecular weight is 479 g/mol. The first-order chi connectivity index (χ1) is 17.0. The number of hydrogen-bond acceptors (Lipinski definition) is 7. The van der Waals surface area contributed by atoms with E-state index >= 15 is 0 Å². The number of nitrogens with one attached hydrogen (secondary N) is 1. The second-order valence-electron chi connectivity index (χ2n) is 8.01. The third-order valence-electron chi connectivity index (χ3n) is 5.90. The molecule has 1 N–H and O–H groups in total. The molecule has 0 saturated heterocycles. The third-order valence-corrected chi connectivity index (χ3v) is 5.90. The molecule has 0 fully saturated rings. The predicted octanol–water partition coefficient (Wildman–Crippen LogP) is 4.68. The van der Waals surface area contributed by atoms with Crippen LogP contribution < -0.4 is 14.8 Å². The zero-order chi connectivity index (χ0) is 24.8. The van der Waals surface area contributed by atoms with E-state index in [-0.39, 0.29) is 6.03 Å². The van der Waals surface area contributed by atoms with Crippen LogP contribution in [0.1, 0.15) is 37.8 Å². The fourth-order valence-electron chi connectivity index (χ4n) is 4.06. The van der Waals surface area contributed by atoms with Gasteiger partial charge in [-0.05, 0) is 62.2 Å². The number of aromatic nitrogens is 2. The van der Waals surface area contributed by atoms with Gasteiger partial charge in [0, 0.05) is 31.0 Å². The molecule has 184 valence electrons. The Morgan fingerprint density at radius 2 is 1.86 bits per heavy atom. The van der Waals surface area contributed by atoms with Crippen molar-refractivity contribution >= 4 is 11.6 Å². The number of allylic oxidation sites excluding steroid dienone is 1. The Morgan fingerprint density at radius 1 is 1.09 bits per heavy atom. The van der Waals surface area contributed by atoms with Gasteiger partial charge < -0.3 is 24.1 Å². The molecule has 2 amide bonds. The lowest BCUT2D eigenvalue weighted by molar-refractivity contribution is 0.136. The maximum atomic E-state index is 13.1. The second kappa shape index (κ2) is 11.1. The summed E-state index contributed by atoms with van der Waals surface area (Å²) in [4.78, 5) is 19.5. The van der Waals surface area contributed by atoms with Crippen molar-refractivity contribution in [1.82, 2.24) is 20.4 Å². The van der Waals surface area contributed by atoms with Gasteiger partial charge in [0.15, 0.2) is 0 Å². The number of carbonyl (C=O) groups is 1. The summed E-state index contributed by atoms with van der Waals surface area (Å²) in [6, 6.07) is 14.3. The first-order valence-corrected chi connectivity index (χ1v) is 11.5. The Hall–Kier alpha value is -3.85. The minimum absolute atomic E-state index is 0.189. The molecular formula is C26H30N4O5. The molecule has 9 nitrogen and oxygen atoms in total. The molecule has 0 spiro atoms. The summed E-state index contributed by atoms with van der Waals surface area (Å²) in [6.45, 7) is 5.57. The molecule has 2 aromatic carbocycles. The minimum Gasteiger partial charge on any atom is -0.497 e. The summed E-state index contributed by atoms with van der Waals surface area (Å²) >= 11 is 0. The molecule has 1 unspecified atom stereocenters. The number of urea groups is 1. The number of ether oxygens (including phenoxy) is 3. The van der Waals surface area contributed by atoms with Crippen LogP contribution in [-0.4, -0.2) is 55.0 Å². The molecule has 4 rings (SSSR count). The van der Waals surface area contributed by atoms with Crippen LogP contribution in [0, 0.1) is 0 Å². The van der Waals surface area contributed by atoms with E-state index < -0.39 is 6.04 Å². The zero-order valence-corrected chi connectivity index (χ0v) is 20.4. The topological polar surface area (TPSA) is 99.0 Å². The molecule has 1 atom stereocenters. The van der Waals surface area contributed by atoms with Crippen molar-refractivity contribution in [2.45, 2.75) is 26.3 Å². The number of methoxy groups -OCH3 is 2. The number of carbonyl (C=O) groups excluding carboxylic acids is 1. The minimum atomic E-state index is -0.482. The van der Waals surface area contributed by atoms with Crippen molar-refractivity contribution in [1.29, 1.82) is 0 Å². The van der Waals surface area contributed by atoms with Crippen molar-refractivity contribution in [3.8, 4) is 22.9 Å². The molecule has 9 heteroatoms. The molecule has 2 heterocycles. The summed E-state index contributed by atoms with van der Waals surface area (Å²) in [5.41, 5.74) is 3.14. The van der Waals surface area contributed by atoms with Crippen molar-refractivity contribution in [2.75, 3.05) is 34.0 Å². The lowest BCUT2D eigenvalue weighted by atomic mass is 9.94. The van der Waals surface area contributed by atoms with E-state index in [0.29, 0.717) is 43.6 Å². The van der Waals surface area contributed by atoms with Gasteiger partial charge in [0.25, 0.3) is 5.89 Å². The number of rotatable bonds is 10. The van der Waals surface area contributed by atoms with Crippen LogP contribution >= 0.6 is 0 Å². The van der Waals surface area contributed by atoms with Crippen LogP contribution in [0.3, 0.4) is 0 Å². The normalized spacial score (nSPS) is 15.8. The fourth-order valence-corrected chi connectivity index (χ4v) is 4.06. The highest BCUT2D eigenvalue weighted by atomic mass is 16.5. The summed E-state index contributed by atoms with van der Waals surface area (Å²) in [5.74, 6) is 2.23. The summed E-state index contributed by atoms with van der Waals surface area (Å²) in [7, 11) is 3.23. The van der Waals surface area contributed by atoms with Gasteiger partial charge in [-0.25, -0.2) is 4.79 Å². The molecular weight excluding hydrogens is 448 g/mol. The van der Waals surface area contributed by atoms with E-state index in [1.54, 1.807) is 19.1 Å². The molecule has 0 aliphatic carbocycles.